The summed E-state index contributed by atoms with van der Waals surface area (Å²) in [5, 5.41) is 7.48. The lowest BCUT2D eigenvalue weighted by Gasteiger charge is -2.26. The van der Waals surface area contributed by atoms with Crippen molar-refractivity contribution >= 4 is 22.7 Å². The van der Waals surface area contributed by atoms with Gasteiger partial charge in [0.1, 0.15) is 5.82 Å². The molecule has 0 aliphatic carbocycles. The number of morpholine rings is 1. The zero-order valence-corrected chi connectivity index (χ0v) is 18.2. The summed E-state index contributed by atoms with van der Waals surface area (Å²) in [6, 6.07) is 15.4. The van der Waals surface area contributed by atoms with E-state index in [0.29, 0.717) is 33.6 Å². The van der Waals surface area contributed by atoms with Gasteiger partial charge in [0.05, 0.1) is 35.6 Å². The maximum absolute atomic E-state index is 13.3. The van der Waals surface area contributed by atoms with Gasteiger partial charge < -0.3 is 14.6 Å². The van der Waals surface area contributed by atoms with Crippen LogP contribution in [0.5, 0.6) is 0 Å². The van der Waals surface area contributed by atoms with Crippen LogP contribution in [0.15, 0.2) is 59.1 Å². The Balaban J connectivity index is 1.39. The van der Waals surface area contributed by atoms with E-state index >= 15 is 0 Å². The number of anilines is 1. The maximum atomic E-state index is 13.3. The number of carbonyl (C=O) groups excluding carboxylic acids is 1. The lowest BCUT2D eigenvalue weighted by atomic mass is 10.0. The summed E-state index contributed by atoms with van der Waals surface area (Å²) in [7, 11) is 0. The second-order valence-electron chi connectivity index (χ2n) is 8.05. The average Bonchev–Trinajstić information content (AvgIpc) is 3.21. The molecule has 0 spiro atoms. The predicted octanol–water partition coefficient (Wildman–Crippen LogP) is 4.42. The van der Waals surface area contributed by atoms with Crippen LogP contribution < -0.4 is 5.32 Å². The minimum atomic E-state index is -0.342. The predicted molar refractivity (Wildman–Crippen MR) is 122 cm³/mol. The third-order valence-electron chi connectivity index (χ3n) is 5.72. The number of halogens is 1. The number of rotatable bonds is 5. The zero-order valence-electron chi connectivity index (χ0n) is 18.2. The Hall–Kier alpha value is -3.62. The van der Waals surface area contributed by atoms with E-state index < -0.39 is 0 Å². The average molecular weight is 446 g/mol. The second-order valence-corrected chi connectivity index (χ2v) is 8.05. The van der Waals surface area contributed by atoms with Crippen molar-refractivity contribution in [1.29, 1.82) is 0 Å². The highest BCUT2D eigenvalue weighted by atomic mass is 19.1. The standard InChI is InChI=1S/C25H23FN4O3/c1-16-23-21(14-22(28-25(23)33-29-16)18-4-6-19(26)7-5-18)24(31)27-20-8-2-17(3-9-20)15-30-10-12-32-13-11-30/h2-9,14H,10-13,15H2,1H3,(H,27,31). The van der Waals surface area contributed by atoms with E-state index in [1.807, 2.05) is 24.3 Å². The SMILES string of the molecule is Cc1noc2nc(-c3ccc(F)cc3)cc(C(=O)Nc3ccc(CN4CCOCC4)cc3)c12. The quantitative estimate of drug-likeness (QED) is 0.489. The largest absolute Gasteiger partial charge is 0.379 e. The molecule has 7 nitrogen and oxygen atoms in total. The fourth-order valence-corrected chi connectivity index (χ4v) is 3.95. The van der Waals surface area contributed by atoms with Crippen LogP contribution in [0.1, 0.15) is 21.6 Å². The first kappa shape index (κ1) is 21.2. The van der Waals surface area contributed by atoms with Crippen LogP contribution >= 0.6 is 0 Å². The van der Waals surface area contributed by atoms with E-state index in [1.165, 1.54) is 17.7 Å². The molecule has 0 bridgehead atoms. The minimum Gasteiger partial charge on any atom is -0.379 e. The van der Waals surface area contributed by atoms with E-state index in [9.17, 15) is 9.18 Å². The summed E-state index contributed by atoms with van der Waals surface area (Å²) < 4.78 is 24.1. The molecule has 2 aromatic carbocycles. The van der Waals surface area contributed by atoms with Crippen LogP contribution in [0.3, 0.4) is 0 Å². The molecule has 1 saturated heterocycles. The van der Waals surface area contributed by atoms with Crippen molar-refractivity contribution in [2.45, 2.75) is 13.5 Å². The van der Waals surface area contributed by atoms with Crippen molar-refractivity contribution in [2.75, 3.05) is 31.6 Å². The second kappa shape index (κ2) is 9.09. The number of fused-ring (bicyclic) bond motifs is 1. The molecule has 33 heavy (non-hydrogen) atoms. The number of hydrogen-bond donors (Lipinski definition) is 1. The molecule has 5 rings (SSSR count). The maximum Gasteiger partial charge on any atom is 0.259 e. The van der Waals surface area contributed by atoms with Gasteiger partial charge in [0.2, 0.25) is 0 Å². The van der Waals surface area contributed by atoms with Crippen molar-refractivity contribution in [1.82, 2.24) is 15.0 Å². The third kappa shape index (κ3) is 4.62. The number of amides is 1. The summed E-state index contributed by atoms with van der Waals surface area (Å²) in [5.74, 6) is -0.636. The Morgan fingerprint density at radius 3 is 2.55 bits per heavy atom. The van der Waals surface area contributed by atoms with Gasteiger partial charge in [-0.1, -0.05) is 17.3 Å². The lowest BCUT2D eigenvalue weighted by molar-refractivity contribution is 0.0342. The van der Waals surface area contributed by atoms with Gasteiger partial charge in [-0.25, -0.2) is 9.37 Å². The van der Waals surface area contributed by atoms with Gasteiger partial charge in [0.15, 0.2) is 0 Å². The van der Waals surface area contributed by atoms with Crippen molar-refractivity contribution in [3.05, 3.63) is 77.2 Å². The molecule has 0 radical (unpaired) electrons. The van der Waals surface area contributed by atoms with Crippen LogP contribution in [-0.2, 0) is 11.3 Å². The van der Waals surface area contributed by atoms with Gasteiger partial charge in [-0.2, -0.15) is 0 Å². The Morgan fingerprint density at radius 1 is 1.09 bits per heavy atom. The van der Waals surface area contributed by atoms with E-state index in [2.05, 4.69) is 20.4 Å². The van der Waals surface area contributed by atoms with Crippen LogP contribution in [0.25, 0.3) is 22.4 Å². The molecule has 1 aliphatic heterocycles. The summed E-state index contributed by atoms with van der Waals surface area (Å²) in [5.41, 5.74) is 4.28. The Morgan fingerprint density at radius 2 is 1.82 bits per heavy atom. The highest BCUT2D eigenvalue weighted by molar-refractivity contribution is 6.13. The summed E-state index contributed by atoms with van der Waals surface area (Å²) in [4.78, 5) is 20.0. The van der Waals surface area contributed by atoms with Gasteiger partial charge in [-0.3, -0.25) is 9.69 Å². The van der Waals surface area contributed by atoms with Gasteiger partial charge in [-0.05, 0) is 55.0 Å². The first-order chi connectivity index (χ1) is 16.1. The first-order valence-corrected chi connectivity index (χ1v) is 10.8. The van der Waals surface area contributed by atoms with E-state index in [4.69, 9.17) is 9.26 Å². The van der Waals surface area contributed by atoms with E-state index in [0.717, 1.165) is 32.8 Å². The molecular formula is C25H23FN4O3. The number of hydrogen-bond acceptors (Lipinski definition) is 6. The number of nitrogens with zero attached hydrogens (tertiary/aromatic N) is 3. The summed E-state index contributed by atoms with van der Waals surface area (Å²) in [6.45, 7) is 5.98. The van der Waals surface area contributed by atoms with Gasteiger partial charge in [0.25, 0.3) is 11.6 Å². The number of benzene rings is 2. The number of carbonyl (C=O) groups is 1. The molecule has 0 atom stereocenters. The highest BCUT2D eigenvalue weighted by Crippen LogP contribution is 2.28. The van der Waals surface area contributed by atoms with E-state index in [1.54, 1.807) is 25.1 Å². The number of ether oxygens (including phenoxy) is 1. The topological polar surface area (TPSA) is 80.5 Å². The Kier molecular flexibility index (Phi) is 5.85. The highest BCUT2D eigenvalue weighted by Gasteiger charge is 2.20. The Bertz CT molecular complexity index is 1280. The number of pyridine rings is 1. The van der Waals surface area contributed by atoms with Gasteiger partial charge >= 0.3 is 0 Å². The molecule has 1 amide bonds. The van der Waals surface area contributed by atoms with Crippen LogP contribution in [0.2, 0.25) is 0 Å². The summed E-state index contributed by atoms with van der Waals surface area (Å²) in [6.07, 6.45) is 0. The fraction of sp³-hybridized carbons (Fsp3) is 0.240. The van der Waals surface area contributed by atoms with Crippen molar-refractivity contribution < 1.29 is 18.4 Å². The molecule has 1 aliphatic rings. The fourth-order valence-electron chi connectivity index (χ4n) is 3.95. The van der Waals surface area contributed by atoms with Crippen molar-refractivity contribution in [3.63, 3.8) is 0 Å². The van der Waals surface area contributed by atoms with Crippen molar-refractivity contribution in [3.8, 4) is 11.3 Å². The van der Waals surface area contributed by atoms with Gasteiger partial charge in [0, 0.05) is 30.9 Å². The number of nitrogens with one attached hydrogen (secondary N) is 1. The molecule has 4 aromatic rings. The minimum absolute atomic E-state index is 0.264. The summed E-state index contributed by atoms with van der Waals surface area (Å²) >= 11 is 0. The molecule has 0 saturated carbocycles. The lowest BCUT2D eigenvalue weighted by Crippen LogP contribution is -2.35. The zero-order chi connectivity index (χ0) is 22.8. The number of aryl methyl sites for hydroxylation is 1. The smallest absolute Gasteiger partial charge is 0.259 e. The molecule has 0 unspecified atom stereocenters. The third-order valence-corrected chi connectivity index (χ3v) is 5.72. The molecule has 3 heterocycles. The molecular weight excluding hydrogens is 423 g/mol. The molecule has 1 fully saturated rings. The molecule has 1 N–H and O–H groups in total. The van der Waals surface area contributed by atoms with E-state index in [-0.39, 0.29) is 17.4 Å². The monoisotopic (exact) mass is 446 g/mol. The first-order valence-electron chi connectivity index (χ1n) is 10.8. The van der Waals surface area contributed by atoms with Gasteiger partial charge in [-0.15, -0.1) is 0 Å². The molecule has 168 valence electrons. The number of aromatic nitrogens is 2. The molecule has 2 aromatic heterocycles. The Labute approximate surface area is 190 Å². The van der Waals surface area contributed by atoms with Crippen LogP contribution in [-0.4, -0.2) is 47.3 Å². The molecule has 8 heteroatoms. The van der Waals surface area contributed by atoms with Crippen LogP contribution in [0.4, 0.5) is 10.1 Å². The normalized spacial score (nSPS) is 14.5. The van der Waals surface area contributed by atoms with Crippen LogP contribution in [0, 0.1) is 12.7 Å². The van der Waals surface area contributed by atoms with Crippen molar-refractivity contribution in [2.24, 2.45) is 0 Å².